The zero-order valence-electron chi connectivity index (χ0n) is 8.21. The summed E-state index contributed by atoms with van der Waals surface area (Å²) >= 11 is 0. The van der Waals surface area contributed by atoms with Gasteiger partial charge in [-0.05, 0) is 12.1 Å². The minimum atomic E-state index is -1.44. The van der Waals surface area contributed by atoms with Crippen molar-refractivity contribution < 1.29 is 24.7 Å². The van der Waals surface area contributed by atoms with E-state index in [9.17, 15) is 29.9 Å². The predicted molar refractivity (Wildman–Crippen MR) is 54.0 cm³/mol. The van der Waals surface area contributed by atoms with Crippen LogP contribution in [-0.4, -0.2) is 26.7 Å². The van der Waals surface area contributed by atoms with Gasteiger partial charge in [0.15, 0.2) is 0 Å². The number of fused-ring (bicyclic) bond motifs is 1. The fourth-order valence-electron chi connectivity index (χ4n) is 1.60. The SMILES string of the molecule is O=C1C(=O)c2c(O)cccc2C(O)=C1[N+](=O)[O-]. The summed E-state index contributed by atoms with van der Waals surface area (Å²) in [5, 5.41) is 29.5. The van der Waals surface area contributed by atoms with Crippen molar-refractivity contribution in [2.24, 2.45) is 0 Å². The monoisotopic (exact) mass is 235 g/mol. The van der Waals surface area contributed by atoms with E-state index in [0.717, 1.165) is 6.07 Å². The van der Waals surface area contributed by atoms with E-state index in [0.29, 0.717) is 0 Å². The quantitative estimate of drug-likeness (QED) is 0.419. The van der Waals surface area contributed by atoms with E-state index >= 15 is 0 Å². The van der Waals surface area contributed by atoms with Crippen molar-refractivity contribution in [2.45, 2.75) is 0 Å². The number of carbonyl (C=O) groups is 2. The summed E-state index contributed by atoms with van der Waals surface area (Å²) in [4.78, 5) is 32.4. The van der Waals surface area contributed by atoms with Crippen LogP contribution >= 0.6 is 0 Å². The Morgan fingerprint density at radius 2 is 1.76 bits per heavy atom. The molecule has 0 heterocycles. The van der Waals surface area contributed by atoms with Gasteiger partial charge < -0.3 is 10.2 Å². The number of nitro groups is 1. The number of carbonyl (C=O) groups excluding carboxylic acids is 2. The van der Waals surface area contributed by atoms with Crippen LogP contribution in [0.1, 0.15) is 15.9 Å². The van der Waals surface area contributed by atoms with Crippen LogP contribution in [0, 0.1) is 10.1 Å². The second-order valence-corrected chi connectivity index (χ2v) is 3.31. The molecular weight excluding hydrogens is 230 g/mol. The number of aliphatic hydroxyl groups excluding tert-OH is 1. The normalized spacial score (nSPS) is 14.8. The first-order valence-corrected chi connectivity index (χ1v) is 4.44. The number of Topliss-reactive ketones (excluding diaryl/α,β-unsaturated/α-hetero) is 2. The maximum Gasteiger partial charge on any atom is 0.362 e. The molecule has 0 spiro atoms. The number of allylic oxidation sites excluding steroid dienone is 1. The van der Waals surface area contributed by atoms with Crippen molar-refractivity contribution in [3.63, 3.8) is 0 Å². The molecule has 0 bridgehead atoms. The lowest BCUT2D eigenvalue weighted by atomic mass is 9.91. The molecule has 0 aromatic heterocycles. The van der Waals surface area contributed by atoms with E-state index < -0.39 is 39.3 Å². The van der Waals surface area contributed by atoms with Crippen LogP contribution < -0.4 is 0 Å². The summed E-state index contributed by atoms with van der Waals surface area (Å²) in [7, 11) is 0. The highest BCUT2D eigenvalue weighted by atomic mass is 16.6. The molecular formula is C10H5NO6. The third-order valence-electron chi connectivity index (χ3n) is 2.35. The maximum atomic E-state index is 11.5. The largest absolute Gasteiger partial charge is 0.507 e. The van der Waals surface area contributed by atoms with Crippen LogP contribution in [-0.2, 0) is 4.79 Å². The van der Waals surface area contributed by atoms with Crippen molar-refractivity contribution in [2.75, 3.05) is 0 Å². The van der Waals surface area contributed by atoms with Gasteiger partial charge in [-0.2, -0.15) is 0 Å². The Labute approximate surface area is 93.8 Å². The average molecular weight is 235 g/mol. The number of hydrogen-bond acceptors (Lipinski definition) is 6. The van der Waals surface area contributed by atoms with E-state index in [1.807, 2.05) is 0 Å². The van der Waals surface area contributed by atoms with Gasteiger partial charge in [-0.3, -0.25) is 19.7 Å². The third kappa shape index (κ3) is 1.36. The van der Waals surface area contributed by atoms with Crippen molar-refractivity contribution in [3.05, 3.63) is 45.1 Å². The molecule has 0 fully saturated rings. The molecule has 7 heteroatoms. The Morgan fingerprint density at radius 3 is 2.35 bits per heavy atom. The maximum absolute atomic E-state index is 11.5. The van der Waals surface area contributed by atoms with Gasteiger partial charge in [-0.25, -0.2) is 0 Å². The lowest BCUT2D eigenvalue weighted by Gasteiger charge is -2.13. The van der Waals surface area contributed by atoms with E-state index in [4.69, 9.17) is 0 Å². The molecule has 2 N–H and O–H groups in total. The molecule has 0 atom stereocenters. The Hall–Kier alpha value is -2.70. The Bertz CT molecular complexity index is 601. The van der Waals surface area contributed by atoms with Crippen molar-refractivity contribution >= 4 is 17.3 Å². The molecule has 1 aliphatic rings. The molecule has 1 aromatic rings. The highest BCUT2D eigenvalue weighted by Gasteiger charge is 2.42. The minimum Gasteiger partial charge on any atom is -0.507 e. The number of benzene rings is 1. The second kappa shape index (κ2) is 3.41. The first-order chi connectivity index (χ1) is 7.95. The van der Waals surface area contributed by atoms with Crippen LogP contribution in [0.5, 0.6) is 5.75 Å². The third-order valence-corrected chi connectivity index (χ3v) is 2.35. The molecule has 17 heavy (non-hydrogen) atoms. The molecule has 2 rings (SSSR count). The Morgan fingerprint density at radius 1 is 1.12 bits per heavy atom. The zero-order chi connectivity index (χ0) is 12.7. The molecule has 1 aliphatic carbocycles. The van der Waals surface area contributed by atoms with Gasteiger partial charge in [0.1, 0.15) is 5.75 Å². The van der Waals surface area contributed by atoms with Gasteiger partial charge in [0, 0.05) is 5.56 Å². The smallest absolute Gasteiger partial charge is 0.362 e. The minimum absolute atomic E-state index is 0.221. The fraction of sp³-hybridized carbons (Fsp3) is 0. The Balaban J connectivity index is 2.84. The molecule has 0 amide bonds. The van der Waals surface area contributed by atoms with E-state index in [1.165, 1.54) is 12.1 Å². The van der Waals surface area contributed by atoms with E-state index in [1.54, 1.807) is 0 Å². The van der Waals surface area contributed by atoms with Gasteiger partial charge in [0.25, 0.3) is 0 Å². The van der Waals surface area contributed by atoms with Gasteiger partial charge in [0.05, 0.1) is 10.5 Å². The first kappa shape index (κ1) is 10.8. The van der Waals surface area contributed by atoms with Gasteiger partial charge in [0.2, 0.25) is 11.5 Å². The second-order valence-electron chi connectivity index (χ2n) is 3.31. The molecule has 1 aromatic carbocycles. The lowest BCUT2D eigenvalue weighted by Crippen LogP contribution is -2.27. The van der Waals surface area contributed by atoms with Gasteiger partial charge in [-0.1, -0.05) is 6.07 Å². The van der Waals surface area contributed by atoms with Crippen LogP contribution in [0.4, 0.5) is 0 Å². The van der Waals surface area contributed by atoms with Crippen LogP contribution in [0.15, 0.2) is 23.9 Å². The van der Waals surface area contributed by atoms with Crippen LogP contribution in [0.25, 0.3) is 5.76 Å². The summed E-state index contributed by atoms with van der Waals surface area (Å²) in [5.41, 5.74) is -1.81. The average Bonchev–Trinajstić information content (AvgIpc) is 2.25. The molecule has 7 nitrogen and oxygen atoms in total. The predicted octanol–water partition coefficient (Wildman–Crippen LogP) is 0.661. The molecule has 86 valence electrons. The fourth-order valence-corrected chi connectivity index (χ4v) is 1.60. The summed E-state index contributed by atoms with van der Waals surface area (Å²) < 4.78 is 0. The highest BCUT2D eigenvalue weighted by molar-refractivity contribution is 6.52. The first-order valence-electron chi connectivity index (χ1n) is 4.44. The molecule has 0 saturated heterocycles. The van der Waals surface area contributed by atoms with Crippen molar-refractivity contribution in [1.82, 2.24) is 0 Å². The van der Waals surface area contributed by atoms with Crippen LogP contribution in [0.2, 0.25) is 0 Å². The summed E-state index contributed by atoms with van der Waals surface area (Å²) in [6.45, 7) is 0. The number of phenols is 1. The molecule has 0 aliphatic heterocycles. The number of phenolic OH excluding ortho intramolecular Hbond substituents is 1. The lowest BCUT2D eigenvalue weighted by molar-refractivity contribution is -0.418. The molecule has 0 saturated carbocycles. The summed E-state index contributed by atoms with van der Waals surface area (Å²) in [5.74, 6) is -4.07. The Kier molecular flexibility index (Phi) is 2.17. The number of ketones is 2. The molecule has 0 unspecified atom stereocenters. The van der Waals surface area contributed by atoms with Crippen molar-refractivity contribution in [3.8, 4) is 5.75 Å². The summed E-state index contributed by atoms with van der Waals surface area (Å²) in [6, 6.07) is 3.65. The van der Waals surface area contributed by atoms with Crippen LogP contribution in [0.3, 0.4) is 0 Å². The number of hydrogen-bond donors (Lipinski definition) is 2. The van der Waals surface area contributed by atoms with E-state index in [2.05, 4.69) is 0 Å². The zero-order valence-corrected chi connectivity index (χ0v) is 8.21. The van der Waals surface area contributed by atoms with Gasteiger partial charge >= 0.3 is 11.5 Å². The highest BCUT2D eigenvalue weighted by Crippen LogP contribution is 2.32. The van der Waals surface area contributed by atoms with Gasteiger partial charge in [-0.15, -0.1) is 0 Å². The van der Waals surface area contributed by atoms with E-state index in [-0.39, 0.29) is 5.56 Å². The number of aromatic hydroxyl groups is 1. The number of rotatable bonds is 1. The standard InChI is InChI=1S/C10H5NO6/c12-5-3-1-2-4-6(5)9(14)10(15)7(8(4)13)11(16)17/h1-3,12-13H. The topological polar surface area (TPSA) is 118 Å². The van der Waals surface area contributed by atoms with Crippen molar-refractivity contribution in [1.29, 1.82) is 0 Å². The molecule has 0 radical (unpaired) electrons. The number of nitrogens with zero attached hydrogens (tertiary/aromatic N) is 1. The summed E-state index contributed by atoms with van der Waals surface area (Å²) in [6.07, 6.45) is 0. The number of aliphatic hydroxyl groups is 1.